The third kappa shape index (κ3) is 3.15. The van der Waals surface area contributed by atoms with Crippen LogP contribution < -0.4 is 20.1 Å². The molecule has 2 aromatic carbocycles. The highest BCUT2D eigenvalue weighted by Crippen LogP contribution is 2.27. The lowest BCUT2D eigenvalue weighted by atomic mass is 10.1. The summed E-state index contributed by atoms with van der Waals surface area (Å²) in [4.78, 5) is 2.12. The molecule has 2 rings (SSSR count). The molecular weight excluding hydrogens is 252 g/mol. The van der Waals surface area contributed by atoms with Crippen LogP contribution in [0.1, 0.15) is 5.56 Å². The van der Waals surface area contributed by atoms with E-state index in [1.807, 2.05) is 49.5 Å². The third-order valence-corrected chi connectivity index (χ3v) is 3.21. The third-order valence-electron chi connectivity index (χ3n) is 3.21. The smallest absolute Gasteiger partial charge is 0.124 e. The summed E-state index contributed by atoms with van der Waals surface area (Å²) in [7, 11) is 5.35. The van der Waals surface area contributed by atoms with Crippen LogP contribution in [0.4, 0.5) is 11.4 Å². The highest BCUT2D eigenvalue weighted by atomic mass is 16.5. The Kier molecular flexibility index (Phi) is 4.35. The van der Waals surface area contributed by atoms with Crippen LogP contribution in [0.25, 0.3) is 0 Å². The van der Waals surface area contributed by atoms with E-state index in [1.165, 1.54) is 0 Å². The van der Waals surface area contributed by atoms with Crippen molar-refractivity contribution in [2.24, 2.45) is 0 Å². The zero-order valence-electron chi connectivity index (χ0n) is 12.1. The van der Waals surface area contributed by atoms with E-state index in [0.29, 0.717) is 6.54 Å². The van der Waals surface area contributed by atoms with Crippen molar-refractivity contribution in [1.29, 1.82) is 0 Å². The van der Waals surface area contributed by atoms with E-state index in [4.69, 9.17) is 15.2 Å². The number of hydrogen-bond acceptors (Lipinski definition) is 4. The molecule has 0 bridgehead atoms. The van der Waals surface area contributed by atoms with Gasteiger partial charge in [-0.1, -0.05) is 6.07 Å². The number of rotatable bonds is 5. The first-order valence-corrected chi connectivity index (χ1v) is 6.41. The van der Waals surface area contributed by atoms with Gasteiger partial charge in [-0.05, 0) is 36.4 Å². The van der Waals surface area contributed by atoms with Gasteiger partial charge in [0.15, 0.2) is 0 Å². The molecule has 20 heavy (non-hydrogen) atoms. The van der Waals surface area contributed by atoms with Crippen LogP contribution in [0.5, 0.6) is 11.5 Å². The van der Waals surface area contributed by atoms with Crippen molar-refractivity contribution in [1.82, 2.24) is 0 Å². The summed E-state index contributed by atoms with van der Waals surface area (Å²) in [5, 5.41) is 0. The summed E-state index contributed by atoms with van der Waals surface area (Å²) in [6.07, 6.45) is 0. The van der Waals surface area contributed by atoms with Gasteiger partial charge < -0.3 is 20.1 Å². The van der Waals surface area contributed by atoms with Gasteiger partial charge in [0, 0.05) is 30.5 Å². The van der Waals surface area contributed by atoms with Gasteiger partial charge in [-0.25, -0.2) is 0 Å². The van der Waals surface area contributed by atoms with Crippen molar-refractivity contribution in [3.63, 3.8) is 0 Å². The Morgan fingerprint density at radius 3 is 2.50 bits per heavy atom. The molecular formula is C16H20N2O2. The number of nitrogens with two attached hydrogens (primary N) is 1. The molecule has 0 amide bonds. The molecule has 0 aromatic heterocycles. The molecule has 2 aromatic rings. The second-order valence-corrected chi connectivity index (χ2v) is 4.63. The Morgan fingerprint density at radius 2 is 1.85 bits per heavy atom. The highest BCUT2D eigenvalue weighted by Gasteiger charge is 2.09. The van der Waals surface area contributed by atoms with Gasteiger partial charge in [0.2, 0.25) is 0 Å². The fraction of sp³-hybridized carbons (Fsp3) is 0.250. The van der Waals surface area contributed by atoms with Crippen molar-refractivity contribution in [2.45, 2.75) is 6.54 Å². The van der Waals surface area contributed by atoms with Crippen molar-refractivity contribution in [3.8, 4) is 11.5 Å². The standard InChI is InChI=1S/C16H20N2O2/c1-18(14-6-4-5-13(17)10-14)11-12-9-15(19-2)7-8-16(12)20-3/h4-10H,11,17H2,1-3H3. The SMILES string of the molecule is COc1ccc(OC)c(CN(C)c2cccc(N)c2)c1. The van der Waals surface area contributed by atoms with E-state index >= 15 is 0 Å². The van der Waals surface area contributed by atoms with Crippen molar-refractivity contribution < 1.29 is 9.47 Å². The summed E-state index contributed by atoms with van der Waals surface area (Å²) < 4.78 is 10.7. The number of methoxy groups -OCH3 is 2. The minimum atomic E-state index is 0.712. The quantitative estimate of drug-likeness (QED) is 0.850. The van der Waals surface area contributed by atoms with Gasteiger partial charge in [0.05, 0.1) is 14.2 Å². The number of nitrogen functional groups attached to an aromatic ring is 1. The first kappa shape index (κ1) is 14.1. The van der Waals surface area contributed by atoms with Crippen LogP contribution in [-0.4, -0.2) is 21.3 Å². The lowest BCUT2D eigenvalue weighted by molar-refractivity contribution is 0.398. The maximum atomic E-state index is 5.82. The fourth-order valence-electron chi connectivity index (χ4n) is 2.11. The molecule has 2 N–H and O–H groups in total. The van der Waals surface area contributed by atoms with Gasteiger partial charge >= 0.3 is 0 Å². The normalized spacial score (nSPS) is 10.2. The summed E-state index contributed by atoms with van der Waals surface area (Å²) in [6.45, 7) is 0.712. The molecule has 0 saturated carbocycles. The van der Waals surface area contributed by atoms with E-state index in [0.717, 1.165) is 28.4 Å². The number of anilines is 2. The molecule has 0 spiro atoms. The van der Waals surface area contributed by atoms with Crippen LogP contribution in [0, 0.1) is 0 Å². The van der Waals surface area contributed by atoms with Crippen LogP contribution in [0.15, 0.2) is 42.5 Å². The largest absolute Gasteiger partial charge is 0.497 e. The molecule has 0 fully saturated rings. The van der Waals surface area contributed by atoms with E-state index in [1.54, 1.807) is 14.2 Å². The Balaban J connectivity index is 2.24. The van der Waals surface area contributed by atoms with E-state index in [-0.39, 0.29) is 0 Å². The second-order valence-electron chi connectivity index (χ2n) is 4.63. The molecule has 0 radical (unpaired) electrons. The minimum Gasteiger partial charge on any atom is -0.497 e. The first-order valence-electron chi connectivity index (χ1n) is 6.41. The predicted octanol–water partition coefficient (Wildman–Crippen LogP) is 2.92. The van der Waals surface area contributed by atoms with Gasteiger partial charge in [0.1, 0.15) is 11.5 Å². The highest BCUT2D eigenvalue weighted by molar-refractivity contribution is 5.56. The van der Waals surface area contributed by atoms with Crippen molar-refractivity contribution in [3.05, 3.63) is 48.0 Å². The zero-order chi connectivity index (χ0) is 14.5. The number of hydrogen-bond donors (Lipinski definition) is 1. The summed E-state index contributed by atoms with van der Waals surface area (Å²) in [5.74, 6) is 1.67. The summed E-state index contributed by atoms with van der Waals surface area (Å²) in [5.41, 5.74) is 8.71. The van der Waals surface area contributed by atoms with Crippen LogP contribution in [0.3, 0.4) is 0 Å². The Morgan fingerprint density at radius 1 is 1.05 bits per heavy atom. The molecule has 106 valence electrons. The minimum absolute atomic E-state index is 0.712. The van der Waals surface area contributed by atoms with E-state index < -0.39 is 0 Å². The lowest BCUT2D eigenvalue weighted by Crippen LogP contribution is -2.17. The van der Waals surface area contributed by atoms with Crippen LogP contribution in [0.2, 0.25) is 0 Å². The first-order chi connectivity index (χ1) is 9.63. The van der Waals surface area contributed by atoms with Crippen molar-refractivity contribution in [2.75, 3.05) is 31.9 Å². The van der Waals surface area contributed by atoms with Crippen molar-refractivity contribution >= 4 is 11.4 Å². The Bertz CT molecular complexity index is 584. The molecule has 4 heteroatoms. The second kappa shape index (κ2) is 6.19. The number of benzene rings is 2. The molecule has 0 aliphatic rings. The van der Waals surface area contributed by atoms with Gasteiger partial charge in [-0.15, -0.1) is 0 Å². The maximum absolute atomic E-state index is 5.82. The molecule has 4 nitrogen and oxygen atoms in total. The monoisotopic (exact) mass is 272 g/mol. The average molecular weight is 272 g/mol. The fourth-order valence-corrected chi connectivity index (χ4v) is 2.11. The molecule has 0 aliphatic carbocycles. The maximum Gasteiger partial charge on any atom is 0.124 e. The van der Waals surface area contributed by atoms with Gasteiger partial charge in [-0.2, -0.15) is 0 Å². The molecule has 0 saturated heterocycles. The van der Waals surface area contributed by atoms with E-state index in [9.17, 15) is 0 Å². The number of ether oxygens (including phenoxy) is 2. The average Bonchev–Trinajstić information content (AvgIpc) is 2.47. The van der Waals surface area contributed by atoms with Gasteiger partial charge in [-0.3, -0.25) is 0 Å². The van der Waals surface area contributed by atoms with E-state index in [2.05, 4.69) is 4.90 Å². The van der Waals surface area contributed by atoms with Gasteiger partial charge in [0.25, 0.3) is 0 Å². The summed E-state index contributed by atoms with van der Waals surface area (Å²) >= 11 is 0. The molecule has 0 atom stereocenters. The lowest BCUT2D eigenvalue weighted by Gasteiger charge is -2.21. The molecule has 0 unspecified atom stereocenters. The van der Waals surface area contributed by atoms with Crippen LogP contribution >= 0.6 is 0 Å². The molecule has 0 heterocycles. The zero-order valence-corrected chi connectivity index (χ0v) is 12.1. The number of nitrogens with zero attached hydrogens (tertiary/aromatic N) is 1. The summed E-state index contributed by atoms with van der Waals surface area (Å²) in [6, 6.07) is 13.6. The Hall–Kier alpha value is -2.36. The Labute approximate surface area is 119 Å². The topological polar surface area (TPSA) is 47.7 Å². The molecule has 0 aliphatic heterocycles. The van der Waals surface area contributed by atoms with Crippen LogP contribution in [-0.2, 0) is 6.54 Å². The predicted molar refractivity (Wildman–Crippen MR) is 82.5 cm³/mol.